The molecule has 2 saturated carbocycles. The van der Waals surface area contributed by atoms with E-state index in [1.165, 1.54) is 0 Å². The summed E-state index contributed by atoms with van der Waals surface area (Å²) in [5.74, 6) is 0.872. The molecule has 0 spiro atoms. The third-order valence-electron chi connectivity index (χ3n) is 7.15. The quantitative estimate of drug-likeness (QED) is 0.803. The highest BCUT2D eigenvalue weighted by Gasteiger charge is 2.54. The Balaban J connectivity index is 1.63. The van der Waals surface area contributed by atoms with Crippen LogP contribution in [0.3, 0.4) is 0 Å². The van der Waals surface area contributed by atoms with Crippen molar-refractivity contribution in [2.45, 2.75) is 63.6 Å². The Kier molecular flexibility index (Phi) is 4.17. The number of alkyl halides is 3. The zero-order chi connectivity index (χ0) is 18.7. The van der Waals surface area contributed by atoms with Crippen molar-refractivity contribution in [2.75, 3.05) is 6.61 Å². The highest BCUT2D eigenvalue weighted by molar-refractivity contribution is 5.49. The van der Waals surface area contributed by atoms with Crippen LogP contribution in [0.5, 0.6) is 11.5 Å². The Morgan fingerprint density at radius 1 is 1.19 bits per heavy atom. The highest BCUT2D eigenvalue weighted by atomic mass is 19.4. The monoisotopic (exact) mass is 370 g/mol. The number of halogens is 3. The van der Waals surface area contributed by atoms with Gasteiger partial charge in [0.15, 0.2) is 18.1 Å². The first-order valence-electron chi connectivity index (χ1n) is 9.42. The molecule has 3 aliphatic rings. The molecular weight excluding hydrogens is 345 g/mol. The lowest BCUT2D eigenvalue weighted by molar-refractivity contribution is -0.153. The molecule has 1 aromatic carbocycles. The molecule has 3 nitrogen and oxygen atoms in total. The molecule has 0 aliphatic heterocycles. The molecule has 0 aromatic heterocycles. The zero-order valence-electron chi connectivity index (χ0n) is 14.9. The van der Waals surface area contributed by atoms with Gasteiger partial charge in [0.25, 0.3) is 0 Å². The third-order valence-corrected chi connectivity index (χ3v) is 7.15. The summed E-state index contributed by atoms with van der Waals surface area (Å²) >= 11 is 0. The van der Waals surface area contributed by atoms with E-state index in [0.29, 0.717) is 11.8 Å². The van der Waals surface area contributed by atoms with Crippen LogP contribution >= 0.6 is 0 Å². The maximum absolute atomic E-state index is 12.5. The Hall–Kier alpha value is -1.43. The molecule has 0 amide bonds. The van der Waals surface area contributed by atoms with Crippen LogP contribution in [0.2, 0.25) is 0 Å². The van der Waals surface area contributed by atoms with Gasteiger partial charge in [0.05, 0.1) is 6.10 Å². The number of aromatic hydroxyl groups is 1. The van der Waals surface area contributed by atoms with E-state index in [4.69, 9.17) is 4.74 Å². The minimum absolute atomic E-state index is 0.0365. The maximum atomic E-state index is 12.5. The summed E-state index contributed by atoms with van der Waals surface area (Å²) in [4.78, 5) is 0. The molecule has 0 unspecified atom stereocenters. The number of fused-ring (bicyclic) bond motifs is 5. The molecule has 2 N–H and O–H groups in total. The number of phenolic OH excluding ortho intramolecular Hbond substituents is 1. The van der Waals surface area contributed by atoms with E-state index in [-0.39, 0.29) is 28.9 Å². The molecule has 0 heterocycles. The molecule has 6 heteroatoms. The highest BCUT2D eigenvalue weighted by Crippen LogP contribution is 2.61. The van der Waals surface area contributed by atoms with Crippen LogP contribution < -0.4 is 4.74 Å². The Morgan fingerprint density at radius 2 is 1.96 bits per heavy atom. The van der Waals surface area contributed by atoms with Gasteiger partial charge in [-0.25, -0.2) is 0 Å². The van der Waals surface area contributed by atoms with E-state index in [1.807, 2.05) is 0 Å². The average Bonchev–Trinajstić information content (AvgIpc) is 2.87. The summed E-state index contributed by atoms with van der Waals surface area (Å²) in [6, 6.07) is 3.20. The molecule has 3 aliphatic carbocycles. The summed E-state index contributed by atoms with van der Waals surface area (Å²) in [6.07, 6.45) is 0.845. The minimum atomic E-state index is -4.43. The second kappa shape index (κ2) is 6.04. The van der Waals surface area contributed by atoms with Gasteiger partial charge in [-0.15, -0.1) is 0 Å². The van der Waals surface area contributed by atoms with Crippen LogP contribution in [0.4, 0.5) is 13.2 Å². The maximum Gasteiger partial charge on any atom is 0.422 e. The van der Waals surface area contributed by atoms with Crippen LogP contribution in [0.1, 0.15) is 56.1 Å². The van der Waals surface area contributed by atoms with Crippen LogP contribution in [0.25, 0.3) is 0 Å². The molecule has 5 atom stereocenters. The lowest BCUT2D eigenvalue weighted by Gasteiger charge is -2.50. The van der Waals surface area contributed by atoms with Gasteiger partial charge < -0.3 is 14.9 Å². The number of ether oxygens (including phenoxy) is 1. The standard InChI is InChI=1S/C20H25F3O3/c1-19-7-6-12-13(15(19)4-5-18(19)25)3-2-11-8-16(24)17(9-14(11)12)26-10-20(21,22)23/h8-9,12-13,15,18,24-25H,2-7,10H2,1H3/t12-,13-,15-,18-,19+/m0/s1. The van der Waals surface area contributed by atoms with Crippen molar-refractivity contribution in [3.8, 4) is 11.5 Å². The molecule has 4 rings (SSSR count). The molecule has 0 bridgehead atoms. The molecule has 0 saturated heterocycles. The van der Waals surface area contributed by atoms with Gasteiger partial charge in [0.1, 0.15) is 0 Å². The van der Waals surface area contributed by atoms with Gasteiger partial charge in [-0.1, -0.05) is 6.92 Å². The molecular formula is C20H25F3O3. The van der Waals surface area contributed by atoms with Gasteiger partial charge in [-0.05, 0) is 85.0 Å². The molecule has 1 aromatic rings. The largest absolute Gasteiger partial charge is 0.504 e. The average molecular weight is 370 g/mol. The predicted octanol–water partition coefficient (Wildman–Crippen LogP) is 4.55. The van der Waals surface area contributed by atoms with Crippen molar-refractivity contribution in [3.05, 3.63) is 23.3 Å². The first-order valence-corrected chi connectivity index (χ1v) is 9.42. The van der Waals surface area contributed by atoms with Crippen molar-refractivity contribution < 1.29 is 28.1 Å². The fraction of sp³-hybridized carbons (Fsp3) is 0.700. The van der Waals surface area contributed by atoms with E-state index in [1.54, 1.807) is 12.1 Å². The molecule has 2 fully saturated rings. The summed E-state index contributed by atoms with van der Waals surface area (Å²) in [5.41, 5.74) is 2.01. The smallest absolute Gasteiger partial charge is 0.422 e. The Morgan fingerprint density at radius 3 is 2.69 bits per heavy atom. The number of aliphatic hydroxyl groups excluding tert-OH is 1. The Bertz CT molecular complexity index is 702. The lowest BCUT2D eigenvalue weighted by Crippen LogP contribution is -2.43. The SMILES string of the molecule is C[C@@]12CC[C@@H]3c4cc(OCC(F)(F)F)c(O)cc4CC[C@@H]3[C@@H]1CC[C@@H]2O. The fourth-order valence-electron chi connectivity index (χ4n) is 5.84. The number of hydrogen-bond donors (Lipinski definition) is 2. The predicted molar refractivity (Wildman–Crippen MR) is 90.3 cm³/mol. The van der Waals surface area contributed by atoms with Crippen molar-refractivity contribution in [2.24, 2.45) is 17.3 Å². The van der Waals surface area contributed by atoms with Gasteiger partial charge >= 0.3 is 6.18 Å². The second-order valence-electron chi connectivity index (χ2n) is 8.48. The lowest BCUT2D eigenvalue weighted by atomic mass is 9.55. The topological polar surface area (TPSA) is 49.7 Å². The molecule has 26 heavy (non-hydrogen) atoms. The van der Waals surface area contributed by atoms with Crippen LogP contribution in [-0.4, -0.2) is 29.1 Å². The number of rotatable bonds is 2. The first kappa shape index (κ1) is 18.0. The van der Waals surface area contributed by atoms with Crippen molar-refractivity contribution in [1.82, 2.24) is 0 Å². The first-order chi connectivity index (χ1) is 12.2. The van der Waals surface area contributed by atoms with Gasteiger partial charge in [0, 0.05) is 0 Å². The van der Waals surface area contributed by atoms with Gasteiger partial charge in [0.2, 0.25) is 0 Å². The summed E-state index contributed by atoms with van der Waals surface area (Å²) in [7, 11) is 0. The molecule has 144 valence electrons. The van der Waals surface area contributed by atoms with Crippen molar-refractivity contribution in [3.63, 3.8) is 0 Å². The van der Waals surface area contributed by atoms with E-state index in [9.17, 15) is 23.4 Å². The van der Waals surface area contributed by atoms with Crippen molar-refractivity contribution >= 4 is 0 Å². The number of phenols is 1. The van der Waals surface area contributed by atoms with E-state index >= 15 is 0 Å². The van der Waals surface area contributed by atoms with Gasteiger partial charge in [-0.3, -0.25) is 0 Å². The summed E-state index contributed by atoms with van der Waals surface area (Å²) in [6.45, 7) is 0.788. The van der Waals surface area contributed by atoms with Crippen LogP contribution in [-0.2, 0) is 6.42 Å². The number of aryl methyl sites for hydroxylation is 1. The Labute approximate surface area is 151 Å². The van der Waals surface area contributed by atoms with Crippen LogP contribution in [0.15, 0.2) is 12.1 Å². The number of aliphatic hydroxyl groups is 1. The normalized spacial score (nSPS) is 36.2. The van der Waals surface area contributed by atoms with E-state index in [2.05, 4.69) is 6.92 Å². The number of benzene rings is 1. The minimum Gasteiger partial charge on any atom is -0.504 e. The van der Waals surface area contributed by atoms with Crippen molar-refractivity contribution in [1.29, 1.82) is 0 Å². The fourth-order valence-corrected chi connectivity index (χ4v) is 5.84. The second-order valence-corrected chi connectivity index (χ2v) is 8.48. The van der Waals surface area contributed by atoms with Crippen LogP contribution in [0, 0.1) is 17.3 Å². The molecule has 0 radical (unpaired) electrons. The third kappa shape index (κ3) is 2.86. The van der Waals surface area contributed by atoms with E-state index < -0.39 is 12.8 Å². The van der Waals surface area contributed by atoms with Gasteiger partial charge in [-0.2, -0.15) is 13.2 Å². The summed E-state index contributed by atoms with van der Waals surface area (Å²) in [5, 5.41) is 20.5. The van der Waals surface area contributed by atoms with E-state index in [0.717, 1.165) is 49.7 Å². The number of hydrogen-bond acceptors (Lipinski definition) is 3. The summed E-state index contributed by atoms with van der Waals surface area (Å²) < 4.78 is 42.3. The zero-order valence-corrected chi connectivity index (χ0v) is 14.9.